The molecule has 0 aliphatic rings. The molecule has 1 aromatic heterocycles. The zero-order valence-electron chi connectivity index (χ0n) is 27.6. The summed E-state index contributed by atoms with van der Waals surface area (Å²) in [6.07, 6.45) is 30.9. The van der Waals surface area contributed by atoms with Crippen LogP contribution in [0, 0.1) is 0 Å². The van der Waals surface area contributed by atoms with E-state index in [2.05, 4.69) is 103 Å². The molecule has 3 rings (SSSR count). The predicted molar refractivity (Wildman–Crippen MR) is 182 cm³/mol. The average Bonchev–Trinajstić information content (AvgIpc) is 3.43. The van der Waals surface area contributed by atoms with Crippen LogP contribution in [-0.2, 0) is 19.4 Å². The Morgan fingerprint density at radius 3 is 1.64 bits per heavy atom. The van der Waals surface area contributed by atoms with E-state index in [-0.39, 0.29) is 0 Å². The fraction of sp³-hybridized carbons (Fsp3) is 0.625. The Hall–Kier alpha value is -2.35. The summed E-state index contributed by atoms with van der Waals surface area (Å²) >= 11 is 0. The minimum absolute atomic E-state index is 0.497. The Balaban J connectivity index is 1.36. The summed E-state index contributed by atoms with van der Waals surface area (Å²) in [6.45, 7) is 8.10. The van der Waals surface area contributed by atoms with Gasteiger partial charge in [-0.2, -0.15) is 0 Å². The first-order valence-corrected chi connectivity index (χ1v) is 17.9. The molecule has 232 valence electrons. The molecule has 2 heteroatoms. The number of unbranched alkanes of at least 4 members (excludes halogenated alkanes) is 15. The van der Waals surface area contributed by atoms with Gasteiger partial charge in [0.25, 0.3) is 5.82 Å². The molecule has 0 bridgehead atoms. The first-order chi connectivity index (χ1) is 20.7. The lowest BCUT2D eigenvalue weighted by Crippen LogP contribution is -2.37. The molecule has 0 aliphatic carbocycles. The number of hydrogen-bond donors (Lipinski definition) is 0. The molecule has 0 aliphatic heterocycles. The van der Waals surface area contributed by atoms with E-state index in [1.54, 1.807) is 0 Å². The summed E-state index contributed by atoms with van der Waals surface area (Å²) in [7, 11) is 0. The Kier molecular flexibility index (Phi) is 17.4. The summed E-state index contributed by atoms with van der Waals surface area (Å²) in [6, 6.07) is 22.7. The van der Waals surface area contributed by atoms with Gasteiger partial charge in [-0.05, 0) is 56.6 Å². The SMILES string of the molecule is CCCCCCCCCCCCCCCCCC[n+]1ccn(C(C)C)c1CC[C@@H](Cc1ccccc1)c1ccccc1. The van der Waals surface area contributed by atoms with Gasteiger partial charge in [0.15, 0.2) is 0 Å². The maximum atomic E-state index is 2.56. The van der Waals surface area contributed by atoms with E-state index in [9.17, 15) is 0 Å². The van der Waals surface area contributed by atoms with E-state index in [0.717, 1.165) is 19.4 Å². The van der Waals surface area contributed by atoms with Crippen molar-refractivity contribution in [2.45, 2.75) is 161 Å². The molecular formula is C40H63N2+. The van der Waals surface area contributed by atoms with Crippen molar-refractivity contribution in [3.63, 3.8) is 0 Å². The highest BCUT2D eigenvalue weighted by atomic mass is 15.2. The van der Waals surface area contributed by atoms with Crippen LogP contribution in [0.25, 0.3) is 0 Å². The van der Waals surface area contributed by atoms with Crippen molar-refractivity contribution in [1.29, 1.82) is 0 Å². The van der Waals surface area contributed by atoms with Gasteiger partial charge in [-0.3, -0.25) is 0 Å². The van der Waals surface area contributed by atoms with Crippen molar-refractivity contribution in [1.82, 2.24) is 4.57 Å². The van der Waals surface area contributed by atoms with E-state index < -0.39 is 0 Å². The van der Waals surface area contributed by atoms with Crippen LogP contribution in [0.15, 0.2) is 73.1 Å². The third kappa shape index (κ3) is 13.3. The highest BCUT2D eigenvalue weighted by molar-refractivity contribution is 5.24. The minimum atomic E-state index is 0.497. The summed E-state index contributed by atoms with van der Waals surface area (Å²) in [5, 5.41) is 0. The normalized spacial score (nSPS) is 12.3. The van der Waals surface area contributed by atoms with Gasteiger partial charge in [0.05, 0.1) is 12.6 Å². The van der Waals surface area contributed by atoms with Gasteiger partial charge in [0.2, 0.25) is 0 Å². The van der Waals surface area contributed by atoms with Gasteiger partial charge in [0.1, 0.15) is 12.4 Å². The van der Waals surface area contributed by atoms with Crippen molar-refractivity contribution in [3.05, 3.63) is 90.0 Å². The minimum Gasteiger partial charge on any atom is -0.234 e. The summed E-state index contributed by atoms with van der Waals surface area (Å²) in [5.41, 5.74) is 2.90. The Bertz CT molecular complexity index is 1040. The molecule has 1 atom stereocenters. The van der Waals surface area contributed by atoms with E-state index in [1.807, 2.05) is 0 Å². The third-order valence-electron chi connectivity index (χ3n) is 9.16. The molecular weight excluding hydrogens is 508 g/mol. The fourth-order valence-electron chi connectivity index (χ4n) is 6.56. The lowest BCUT2D eigenvalue weighted by Gasteiger charge is -2.18. The largest absolute Gasteiger partial charge is 0.256 e. The summed E-state index contributed by atoms with van der Waals surface area (Å²) in [4.78, 5) is 0. The first-order valence-electron chi connectivity index (χ1n) is 17.9. The zero-order valence-corrected chi connectivity index (χ0v) is 27.6. The van der Waals surface area contributed by atoms with Crippen LogP contribution in [0.1, 0.15) is 159 Å². The molecule has 0 N–H and O–H groups in total. The van der Waals surface area contributed by atoms with Crippen LogP contribution in [0.4, 0.5) is 0 Å². The third-order valence-corrected chi connectivity index (χ3v) is 9.16. The second-order valence-corrected chi connectivity index (χ2v) is 13.0. The maximum absolute atomic E-state index is 2.56. The smallest absolute Gasteiger partial charge is 0.234 e. The van der Waals surface area contributed by atoms with Crippen molar-refractivity contribution in [3.8, 4) is 0 Å². The van der Waals surface area contributed by atoms with Gasteiger partial charge >= 0.3 is 0 Å². The molecule has 0 saturated carbocycles. The second kappa shape index (κ2) is 21.4. The summed E-state index contributed by atoms with van der Waals surface area (Å²) in [5.74, 6) is 2.04. The molecule has 0 fully saturated rings. The van der Waals surface area contributed by atoms with Gasteiger partial charge in [-0.25, -0.2) is 9.13 Å². The van der Waals surface area contributed by atoms with E-state index in [4.69, 9.17) is 0 Å². The quantitative estimate of drug-likeness (QED) is 0.0747. The lowest BCUT2D eigenvalue weighted by molar-refractivity contribution is -0.704. The van der Waals surface area contributed by atoms with Crippen molar-refractivity contribution in [2.75, 3.05) is 0 Å². The summed E-state index contributed by atoms with van der Waals surface area (Å²) < 4.78 is 5.07. The Morgan fingerprint density at radius 2 is 1.12 bits per heavy atom. The van der Waals surface area contributed by atoms with Crippen LogP contribution in [0.2, 0.25) is 0 Å². The van der Waals surface area contributed by atoms with Crippen LogP contribution >= 0.6 is 0 Å². The predicted octanol–water partition coefficient (Wildman–Crippen LogP) is 11.6. The second-order valence-electron chi connectivity index (χ2n) is 13.0. The molecule has 0 radical (unpaired) electrons. The van der Waals surface area contributed by atoms with Gasteiger partial charge in [-0.1, -0.05) is 157 Å². The van der Waals surface area contributed by atoms with Crippen molar-refractivity contribution >= 4 is 0 Å². The number of hydrogen-bond acceptors (Lipinski definition) is 0. The monoisotopic (exact) mass is 571 g/mol. The van der Waals surface area contributed by atoms with Crippen LogP contribution in [0.5, 0.6) is 0 Å². The van der Waals surface area contributed by atoms with Gasteiger partial charge in [0, 0.05) is 6.42 Å². The highest BCUT2D eigenvalue weighted by Crippen LogP contribution is 2.26. The molecule has 1 heterocycles. The number of aromatic nitrogens is 2. The maximum Gasteiger partial charge on any atom is 0.256 e. The van der Waals surface area contributed by atoms with E-state index >= 15 is 0 Å². The molecule has 0 amide bonds. The van der Waals surface area contributed by atoms with Crippen LogP contribution < -0.4 is 4.57 Å². The van der Waals surface area contributed by atoms with Crippen molar-refractivity contribution < 1.29 is 4.57 Å². The topological polar surface area (TPSA) is 8.81 Å². The van der Waals surface area contributed by atoms with Gasteiger partial charge < -0.3 is 0 Å². The Labute approximate surface area is 260 Å². The molecule has 0 saturated heterocycles. The zero-order chi connectivity index (χ0) is 29.7. The molecule has 0 spiro atoms. The molecule has 2 nitrogen and oxygen atoms in total. The van der Waals surface area contributed by atoms with Crippen molar-refractivity contribution in [2.24, 2.45) is 0 Å². The number of rotatable bonds is 24. The Morgan fingerprint density at radius 1 is 0.619 bits per heavy atom. The van der Waals surface area contributed by atoms with Gasteiger partial charge in [-0.15, -0.1) is 0 Å². The number of nitrogens with zero attached hydrogens (tertiary/aromatic N) is 2. The number of benzene rings is 2. The molecule has 2 aromatic carbocycles. The lowest BCUT2D eigenvalue weighted by atomic mass is 9.88. The molecule has 42 heavy (non-hydrogen) atoms. The average molecular weight is 572 g/mol. The fourth-order valence-corrected chi connectivity index (χ4v) is 6.56. The molecule has 0 unspecified atom stereocenters. The highest BCUT2D eigenvalue weighted by Gasteiger charge is 2.22. The number of aryl methyl sites for hydroxylation is 1. The standard InChI is InChI=1S/C40H63N2/c1-4-5-6-7-8-9-10-11-12-13-14-15-16-17-18-25-32-41-33-34-42(36(2)3)40(41)31-30-39(38-28-23-20-24-29-38)35-37-26-21-19-22-27-37/h19-24,26-29,33-34,36,39H,4-18,25,30-32,35H2,1-3H3/q+1/t39-/m0/s1. The molecule has 3 aromatic rings. The van der Waals surface area contributed by atoms with Crippen LogP contribution in [-0.4, -0.2) is 4.57 Å². The van der Waals surface area contributed by atoms with E-state index in [1.165, 1.54) is 126 Å². The van der Waals surface area contributed by atoms with E-state index in [0.29, 0.717) is 12.0 Å². The van der Waals surface area contributed by atoms with Crippen LogP contribution in [0.3, 0.4) is 0 Å². The number of imidazole rings is 1. The first kappa shape index (κ1) is 34.1.